The van der Waals surface area contributed by atoms with Crippen LogP contribution in [-0.2, 0) is 9.53 Å². The Morgan fingerprint density at radius 1 is 1.19 bits per heavy atom. The summed E-state index contributed by atoms with van der Waals surface area (Å²) < 4.78 is 18.5. The molecule has 2 aromatic rings. The number of non-ortho nitro benzene ring substituents is 1. The molecular formula is C17H16FN3O6. The van der Waals surface area contributed by atoms with E-state index in [1.54, 1.807) is 18.2 Å². The van der Waals surface area contributed by atoms with Gasteiger partial charge < -0.3 is 20.5 Å². The van der Waals surface area contributed by atoms with Gasteiger partial charge in [-0.1, -0.05) is 12.1 Å². The van der Waals surface area contributed by atoms with Gasteiger partial charge in [0, 0.05) is 24.4 Å². The number of nitro groups is 1. The standard InChI is InChI=1S/C17H16FN3O6/c18-13-6-5-11(21(25)26)9-15(13)20-16(23)10-27-17(24)12-3-1-2-4-14(12)19-7-8-22/h1-6,9,19,22H,7-8,10H2,(H,20,23). The van der Waals surface area contributed by atoms with Crippen molar-refractivity contribution in [2.75, 3.05) is 30.4 Å². The minimum absolute atomic E-state index is 0.138. The van der Waals surface area contributed by atoms with Gasteiger partial charge in [0.15, 0.2) is 6.61 Å². The molecule has 0 fully saturated rings. The van der Waals surface area contributed by atoms with Crippen molar-refractivity contribution in [1.29, 1.82) is 0 Å². The van der Waals surface area contributed by atoms with Crippen LogP contribution in [0.5, 0.6) is 0 Å². The SMILES string of the molecule is O=C(COC(=O)c1ccccc1NCCO)Nc1cc([N+](=O)[O-])ccc1F. The fraction of sp³-hybridized carbons (Fsp3) is 0.176. The molecule has 0 aromatic heterocycles. The summed E-state index contributed by atoms with van der Waals surface area (Å²) in [6.07, 6.45) is 0. The summed E-state index contributed by atoms with van der Waals surface area (Å²) in [5.41, 5.74) is -0.218. The summed E-state index contributed by atoms with van der Waals surface area (Å²) in [5, 5.41) is 24.5. The van der Waals surface area contributed by atoms with Crippen LogP contribution in [0.1, 0.15) is 10.4 Å². The third-order valence-electron chi connectivity index (χ3n) is 3.34. The zero-order valence-corrected chi connectivity index (χ0v) is 14.0. The number of hydrogen-bond acceptors (Lipinski definition) is 7. The number of nitrogens with zero attached hydrogens (tertiary/aromatic N) is 1. The Kier molecular flexibility index (Phi) is 6.78. The Balaban J connectivity index is 1.99. The molecule has 2 aromatic carbocycles. The van der Waals surface area contributed by atoms with Crippen LogP contribution in [0.4, 0.5) is 21.5 Å². The smallest absolute Gasteiger partial charge is 0.340 e. The second-order valence-electron chi connectivity index (χ2n) is 5.24. The number of hydrogen-bond donors (Lipinski definition) is 3. The zero-order valence-electron chi connectivity index (χ0n) is 14.0. The third kappa shape index (κ3) is 5.47. The van der Waals surface area contributed by atoms with Crippen LogP contribution in [0.25, 0.3) is 0 Å². The highest BCUT2D eigenvalue weighted by Crippen LogP contribution is 2.21. The number of halogens is 1. The Hall–Kier alpha value is -3.53. The quantitative estimate of drug-likeness (QED) is 0.364. The second-order valence-corrected chi connectivity index (χ2v) is 5.24. The molecule has 0 unspecified atom stereocenters. The molecule has 0 aliphatic heterocycles. The Morgan fingerprint density at radius 2 is 1.93 bits per heavy atom. The maximum absolute atomic E-state index is 13.7. The number of carbonyl (C=O) groups is 2. The van der Waals surface area contributed by atoms with E-state index in [-0.39, 0.29) is 18.7 Å². The molecule has 142 valence electrons. The van der Waals surface area contributed by atoms with Gasteiger partial charge in [-0.2, -0.15) is 0 Å². The molecule has 0 spiro atoms. The van der Waals surface area contributed by atoms with Crippen molar-refractivity contribution in [3.63, 3.8) is 0 Å². The molecule has 0 radical (unpaired) electrons. The molecule has 0 aliphatic rings. The van der Waals surface area contributed by atoms with E-state index in [2.05, 4.69) is 10.6 Å². The number of nitro benzene ring substituents is 1. The van der Waals surface area contributed by atoms with E-state index in [1.165, 1.54) is 6.07 Å². The summed E-state index contributed by atoms with van der Waals surface area (Å²) in [6.45, 7) is -0.632. The second kappa shape index (κ2) is 9.25. The maximum Gasteiger partial charge on any atom is 0.340 e. The number of ether oxygens (including phenoxy) is 1. The zero-order chi connectivity index (χ0) is 19.8. The molecule has 9 nitrogen and oxygen atoms in total. The number of esters is 1. The molecule has 0 aliphatic carbocycles. The first kappa shape index (κ1) is 19.8. The minimum Gasteiger partial charge on any atom is -0.452 e. The first-order valence-corrected chi connectivity index (χ1v) is 7.77. The van der Waals surface area contributed by atoms with Gasteiger partial charge in [0.2, 0.25) is 0 Å². The van der Waals surface area contributed by atoms with Gasteiger partial charge in [-0.05, 0) is 18.2 Å². The van der Waals surface area contributed by atoms with Gasteiger partial charge in [0.25, 0.3) is 11.6 Å². The van der Waals surface area contributed by atoms with E-state index < -0.39 is 40.6 Å². The van der Waals surface area contributed by atoms with Gasteiger partial charge in [0.1, 0.15) is 5.82 Å². The molecule has 0 saturated carbocycles. The lowest BCUT2D eigenvalue weighted by Gasteiger charge is -2.11. The summed E-state index contributed by atoms with van der Waals surface area (Å²) in [4.78, 5) is 34.0. The number of benzene rings is 2. The predicted molar refractivity (Wildman–Crippen MR) is 94.0 cm³/mol. The number of rotatable bonds is 8. The molecule has 3 N–H and O–H groups in total. The average Bonchev–Trinajstić information content (AvgIpc) is 2.66. The van der Waals surface area contributed by atoms with E-state index in [9.17, 15) is 24.1 Å². The number of aliphatic hydroxyl groups is 1. The number of anilines is 2. The van der Waals surface area contributed by atoms with Crippen LogP contribution < -0.4 is 10.6 Å². The topological polar surface area (TPSA) is 131 Å². The Morgan fingerprint density at radius 3 is 2.63 bits per heavy atom. The summed E-state index contributed by atoms with van der Waals surface area (Å²) in [5.74, 6) is -2.52. The Bertz CT molecular complexity index is 858. The summed E-state index contributed by atoms with van der Waals surface area (Å²) in [7, 11) is 0. The summed E-state index contributed by atoms with van der Waals surface area (Å²) >= 11 is 0. The molecule has 1 amide bonds. The predicted octanol–water partition coefficient (Wildman–Crippen LogP) is 1.93. The van der Waals surface area contributed by atoms with Crippen molar-refractivity contribution in [3.8, 4) is 0 Å². The van der Waals surface area contributed by atoms with Crippen LogP contribution in [0.2, 0.25) is 0 Å². The summed E-state index contributed by atoms with van der Waals surface area (Å²) in [6, 6.07) is 9.02. The highest BCUT2D eigenvalue weighted by molar-refractivity contribution is 5.98. The van der Waals surface area contributed by atoms with Gasteiger partial charge in [-0.25, -0.2) is 9.18 Å². The van der Waals surface area contributed by atoms with Crippen molar-refractivity contribution in [3.05, 3.63) is 64.0 Å². The molecule has 27 heavy (non-hydrogen) atoms. The number of carbonyl (C=O) groups excluding carboxylic acids is 2. The van der Waals surface area contributed by atoms with E-state index >= 15 is 0 Å². The monoisotopic (exact) mass is 377 g/mol. The lowest BCUT2D eigenvalue weighted by atomic mass is 10.2. The van der Waals surface area contributed by atoms with Crippen LogP contribution in [0.15, 0.2) is 42.5 Å². The molecule has 10 heteroatoms. The first-order valence-electron chi connectivity index (χ1n) is 7.77. The van der Waals surface area contributed by atoms with Gasteiger partial charge >= 0.3 is 5.97 Å². The average molecular weight is 377 g/mol. The van der Waals surface area contributed by atoms with E-state index in [0.29, 0.717) is 5.69 Å². The van der Waals surface area contributed by atoms with Crippen LogP contribution in [0, 0.1) is 15.9 Å². The first-order chi connectivity index (χ1) is 12.9. The lowest BCUT2D eigenvalue weighted by molar-refractivity contribution is -0.384. The van der Waals surface area contributed by atoms with Crippen LogP contribution >= 0.6 is 0 Å². The highest BCUT2D eigenvalue weighted by atomic mass is 19.1. The van der Waals surface area contributed by atoms with Gasteiger partial charge in [0.05, 0.1) is 22.8 Å². The number of para-hydroxylation sites is 1. The normalized spacial score (nSPS) is 10.1. The minimum atomic E-state index is -0.862. The highest BCUT2D eigenvalue weighted by Gasteiger charge is 2.16. The van der Waals surface area contributed by atoms with Crippen LogP contribution in [-0.4, -0.2) is 41.7 Å². The van der Waals surface area contributed by atoms with E-state index in [4.69, 9.17) is 9.84 Å². The van der Waals surface area contributed by atoms with Gasteiger partial charge in [-0.3, -0.25) is 14.9 Å². The van der Waals surface area contributed by atoms with Crippen molar-refractivity contribution < 1.29 is 28.7 Å². The molecule has 2 rings (SSSR count). The largest absolute Gasteiger partial charge is 0.452 e. The molecular weight excluding hydrogens is 361 g/mol. The van der Waals surface area contributed by atoms with Crippen molar-refractivity contribution in [2.45, 2.75) is 0 Å². The van der Waals surface area contributed by atoms with E-state index in [1.807, 2.05) is 0 Å². The maximum atomic E-state index is 13.7. The fourth-order valence-corrected chi connectivity index (χ4v) is 2.12. The number of amides is 1. The number of aliphatic hydroxyl groups excluding tert-OH is 1. The van der Waals surface area contributed by atoms with Gasteiger partial charge in [-0.15, -0.1) is 0 Å². The van der Waals surface area contributed by atoms with Crippen molar-refractivity contribution in [1.82, 2.24) is 0 Å². The fourth-order valence-electron chi connectivity index (χ4n) is 2.12. The van der Waals surface area contributed by atoms with Crippen LogP contribution in [0.3, 0.4) is 0 Å². The molecule has 0 bridgehead atoms. The van der Waals surface area contributed by atoms with Crippen molar-refractivity contribution >= 4 is 28.9 Å². The molecule has 0 heterocycles. The molecule has 0 atom stereocenters. The Labute approximate surface area is 152 Å². The van der Waals surface area contributed by atoms with E-state index in [0.717, 1.165) is 18.2 Å². The number of nitrogens with one attached hydrogen (secondary N) is 2. The molecule has 0 saturated heterocycles. The third-order valence-corrected chi connectivity index (χ3v) is 3.34. The lowest BCUT2D eigenvalue weighted by Crippen LogP contribution is -2.22. The van der Waals surface area contributed by atoms with Crippen molar-refractivity contribution in [2.24, 2.45) is 0 Å².